The molecule has 0 saturated heterocycles. The molecule has 0 saturated carbocycles. The molecule has 0 aliphatic carbocycles. The largest absolute Gasteiger partial charge is 0.491 e. The van der Waals surface area contributed by atoms with Crippen LogP contribution in [-0.4, -0.2) is 26.0 Å². The Kier molecular flexibility index (Phi) is 5.63. The number of Topliss-reactive ketones (excluding diaryl/α,β-unsaturated/α-hetero) is 1. The SMILES string of the molecule is CCOc1ccc(C(=O)CCCNC)cc1F. The second-order valence-electron chi connectivity index (χ2n) is 3.71. The van der Waals surface area contributed by atoms with Crippen LogP contribution in [0.15, 0.2) is 18.2 Å². The van der Waals surface area contributed by atoms with E-state index in [-0.39, 0.29) is 11.5 Å². The number of ketones is 1. The van der Waals surface area contributed by atoms with E-state index in [2.05, 4.69) is 5.32 Å². The van der Waals surface area contributed by atoms with Gasteiger partial charge in [0.25, 0.3) is 0 Å². The summed E-state index contributed by atoms with van der Waals surface area (Å²) in [6, 6.07) is 4.35. The first-order valence-corrected chi connectivity index (χ1v) is 5.79. The van der Waals surface area contributed by atoms with Gasteiger partial charge in [-0.2, -0.15) is 0 Å². The first-order valence-electron chi connectivity index (χ1n) is 5.79. The number of nitrogens with one attached hydrogen (secondary N) is 1. The third-order valence-corrected chi connectivity index (χ3v) is 2.38. The van der Waals surface area contributed by atoms with Crippen LogP contribution in [0.5, 0.6) is 5.75 Å². The fourth-order valence-electron chi connectivity index (χ4n) is 1.52. The molecule has 17 heavy (non-hydrogen) atoms. The van der Waals surface area contributed by atoms with E-state index in [9.17, 15) is 9.18 Å². The van der Waals surface area contributed by atoms with Crippen LogP contribution in [-0.2, 0) is 0 Å². The molecular formula is C13H18FNO2. The first-order chi connectivity index (χ1) is 8.19. The summed E-state index contributed by atoms with van der Waals surface area (Å²) in [4.78, 5) is 11.7. The van der Waals surface area contributed by atoms with E-state index in [1.165, 1.54) is 12.1 Å². The molecule has 0 spiro atoms. The Hall–Kier alpha value is -1.42. The van der Waals surface area contributed by atoms with E-state index in [1.807, 2.05) is 7.05 Å². The van der Waals surface area contributed by atoms with E-state index in [0.29, 0.717) is 18.6 Å². The summed E-state index contributed by atoms with van der Waals surface area (Å²) in [7, 11) is 1.83. The van der Waals surface area contributed by atoms with Crippen LogP contribution in [0.2, 0.25) is 0 Å². The van der Waals surface area contributed by atoms with Gasteiger partial charge in [-0.05, 0) is 45.1 Å². The molecule has 0 atom stereocenters. The normalized spacial score (nSPS) is 10.3. The van der Waals surface area contributed by atoms with Crippen LogP contribution in [0.4, 0.5) is 4.39 Å². The van der Waals surface area contributed by atoms with Crippen molar-refractivity contribution in [3.63, 3.8) is 0 Å². The maximum Gasteiger partial charge on any atom is 0.165 e. The average molecular weight is 239 g/mol. The molecule has 0 aliphatic rings. The number of halogens is 1. The highest BCUT2D eigenvalue weighted by molar-refractivity contribution is 5.96. The second kappa shape index (κ2) is 7.01. The lowest BCUT2D eigenvalue weighted by molar-refractivity contribution is 0.0979. The summed E-state index contributed by atoms with van der Waals surface area (Å²) < 4.78 is 18.6. The lowest BCUT2D eigenvalue weighted by Crippen LogP contribution is -2.10. The Bertz CT molecular complexity index is 380. The van der Waals surface area contributed by atoms with Gasteiger partial charge < -0.3 is 10.1 Å². The van der Waals surface area contributed by atoms with Gasteiger partial charge in [0.05, 0.1) is 6.61 Å². The van der Waals surface area contributed by atoms with Gasteiger partial charge in [-0.1, -0.05) is 0 Å². The zero-order valence-electron chi connectivity index (χ0n) is 10.3. The zero-order chi connectivity index (χ0) is 12.7. The van der Waals surface area contributed by atoms with E-state index in [1.54, 1.807) is 13.0 Å². The van der Waals surface area contributed by atoms with Crippen molar-refractivity contribution >= 4 is 5.78 Å². The van der Waals surface area contributed by atoms with Gasteiger partial charge in [0.1, 0.15) is 0 Å². The van der Waals surface area contributed by atoms with Gasteiger partial charge in [0.2, 0.25) is 0 Å². The fraction of sp³-hybridized carbons (Fsp3) is 0.462. The minimum absolute atomic E-state index is 0.0396. The molecule has 0 aromatic heterocycles. The molecule has 0 unspecified atom stereocenters. The average Bonchev–Trinajstić information content (AvgIpc) is 2.32. The van der Waals surface area contributed by atoms with E-state index in [0.717, 1.165) is 13.0 Å². The predicted octanol–water partition coefficient (Wildman–Crippen LogP) is 2.41. The van der Waals surface area contributed by atoms with Crippen LogP contribution < -0.4 is 10.1 Å². The smallest absolute Gasteiger partial charge is 0.165 e. The predicted molar refractivity (Wildman–Crippen MR) is 65.1 cm³/mol. The van der Waals surface area contributed by atoms with Crippen LogP contribution in [0, 0.1) is 5.82 Å². The fourth-order valence-corrected chi connectivity index (χ4v) is 1.52. The molecule has 1 aromatic carbocycles. The van der Waals surface area contributed by atoms with Crippen molar-refractivity contribution in [2.45, 2.75) is 19.8 Å². The van der Waals surface area contributed by atoms with Crippen molar-refractivity contribution in [2.24, 2.45) is 0 Å². The molecule has 0 amide bonds. The van der Waals surface area contributed by atoms with Crippen molar-refractivity contribution in [3.05, 3.63) is 29.6 Å². The summed E-state index contributed by atoms with van der Waals surface area (Å²) in [5, 5.41) is 2.97. The summed E-state index contributed by atoms with van der Waals surface area (Å²) >= 11 is 0. The third-order valence-electron chi connectivity index (χ3n) is 2.38. The van der Waals surface area contributed by atoms with Crippen molar-refractivity contribution in [3.8, 4) is 5.75 Å². The number of rotatable bonds is 7. The van der Waals surface area contributed by atoms with E-state index >= 15 is 0 Å². The first kappa shape index (κ1) is 13.6. The second-order valence-corrected chi connectivity index (χ2v) is 3.71. The number of ether oxygens (including phenoxy) is 1. The lowest BCUT2D eigenvalue weighted by Gasteiger charge is -2.06. The molecule has 1 rings (SSSR count). The topological polar surface area (TPSA) is 38.3 Å². The molecular weight excluding hydrogens is 221 g/mol. The molecule has 1 aromatic rings. The summed E-state index contributed by atoms with van der Waals surface area (Å²) in [5.41, 5.74) is 0.405. The van der Waals surface area contributed by atoms with Crippen molar-refractivity contribution in [1.82, 2.24) is 5.32 Å². The zero-order valence-corrected chi connectivity index (χ0v) is 10.3. The molecule has 0 fully saturated rings. The number of benzene rings is 1. The van der Waals surface area contributed by atoms with Crippen molar-refractivity contribution < 1.29 is 13.9 Å². The minimum atomic E-state index is -0.480. The van der Waals surface area contributed by atoms with Crippen LogP contribution >= 0.6 is 0 Å². The monoisotopic (exact) mass is 239 g/mol. The molecule has 0 aliphatic heterocycles. The number of carbonyl (C=O) groups excluding carboxylic acids is 1. The third kappa shape index (κ3) is 4.15. The molecule has 3 nitrogen and oxygen atoms in total. The maximum absolute atomic E-state index is 13.5. The Balaban J connectivity index is 2.65. The Morgan fingerprint density at radius 2 is 2.24 bits per heavy atom. The molecule has 4 heteroatoms. The molecule has 94 valence electrons. The Morgan fingerprint density at radius 3 is 2.82 bits per heavy atom. The quantitative estimate of drug-likeness (QED) is 0.586. The van der Waals surface area contributed by atoms with Gasteiger partial charge in [0, 0.05) is 12.0 Å². The highest BCUT2D eigenvalue weighted by atomic mass is 19.1. The van der Waals surface area contributed by atoms with Gasteiger partial charge in [-0.3, -0.25) is 4.79 Å². The number of hydrogen-bond acceptors (Lipinski definition) is 3. The summed E-state index contributed by atoms with van der Waals surface area (Å²) in [5.74, 6) is -0.326. The maximum atomic E-state index is 13.5. The molecule has 0 bridgehead atoms. The van der Waals surface area contributed by atoms with Crippen LogP contribution in [0.1, 0.15) is 30.1 Å². The lowest BCUT2D eigenvalue weighted by atomic mass is 10.1. The van der Waals surface area contributed by atoms with E-state index < -0.39 is 5.82 Å². The summed E-state index contributed by atoms with van der Waals surface area (Å²) in [6.07, 6.45) is 1.18. The highest BCUT2D eigenvalue weighted by Gasteiger charge is 2.09. The van der Waals surface area contributed by atoms with E-state index in [4.69, 9.17) is 4.74 Å². The number of hydrogen-bond donors (Lipinski definition) is 1. The van der Waals surface area contributed by atoms with Gasteiger partial charge >= 0.3 is 0 Å². The Labute approximate surface area is 101 Å². The van der Waals surface area contributed by atoms with Crippen LogP contribution in [0.3, 0.4) is 0 Å². The highest BCUT2D eigenvalue weighted by Crippen LogP contribution is 2.19. The van der Waals surface area contributed by atoms with Gasteiger partial charge in [-0.15, -0.1) is 0 Å². The van der Waals surface area contributed by atoms with Crippen molar-refractivity contribution in [2.75, 3.05) is 20.2 Å². The number of carbonyl (C=O) groups is 1. The minimum Gasteiger partial charge on any atom is -0.491 e. The molecule has 0 radical (unpaired) electrons. The molecule has 0 heterocycles. The standard InChI is InChI=1S/C13H18FNO2/c1-3-17-13-7-6-10(9-11(13)14)12(16)5-4-8-15-2/h6-7,9,15H,3-5,8H2,1-2H3. The molecule has 1 N–H and O–H groups in total. The van der Waals surface area contributed by atoms with Crippen LogP contribution in [0.25, 0.3) is 0 Å². The van der Waals surface area contributed by atoms with Crippen molar-refractivity contribution in [1.29, 1.82) is 0 Å². The van der Waals surface area contributed by atoms with Gasteiger partial charge in [0.15, 0.2) is 17.3 Å². The Morgan fingerprint density at radius 1 is 1.47 bits per heavy atom. The van der Waals surface area contributed by atoms with Gasteiger partial charge in [-0.25, -0.2) is 4.39 Å². The summed E-state index contributed by atoms with van der Waals surface area (Å²) in [6.45, 7) is 2.98.